The fourth-order valence-corrected chi connectivity index (χ4v) is 4.32. The van der Waals surface area contributed by atoms with Crippen molar-refractivity contribution in [2.24, 2.45) is 0 Å². The molecular weight excluding hydrogens is 407 g/mol. The van der Waals surface area contributed by atoms with Crippen molar-refractivity contribution in [2.75, 3.05) is 6.54 Å². The van der Waals surface area contributed by atoms with Gasteiger partial charge in [-0.05, 0) is 42.7 Å². The van der Waals surface area contributed by atoms with Gasteiger partial charge in [0.1, 0.15) is 5.82 Å². The smallest absolute Gasteiger partial charge is 0.255 e. The van der Waals surface area contributed by atoms with Gasteiger partial charge < -0.3 is 9.55 Å². The van der Waals surface area contributed by atoms with Gasteiger partial charge in [-0.3, -0.25) is 9.69 Å². The van der Waals surface area contributed by atoms with Crippen LogP contribution >= 0.6 is 23.2 Å². The van der Waals surface area contributed by atoms with Crippen LogP contribution in [0.4, 0.5) is 0 Å². The Morgan fingerprint density at radius 1 is 1.14 bits per heavy atom. The van der Waals surface area contributed by atoms with Crippen LogP contribution in [0, 0.1) is 0 Å². The van der Waals surface area contributed by atoms with E-state index in [1.54, 1.807) is 0 Å². The highest BCUT2D eigenvalue weighted by Crippen LogP contribution is 2.37. The van der Waals surface area contributed by atoms with Crippen molar-refractivity contribution in [3.8, 4) is 0 Å². The van der Waals surface area contributed by atoms with Gasteiger partial charge in [0.25, 0.3) is 5.56 Å². The van der Waals surface area contributed by atoms with Crippen LogP contribution in [0.5, 0.6) is 0 Å². The molecule has 0 amide bonds. The van der Waals surface area contributed by atoms with Crippen molar-refractivity contribution in [3.05, 3.63) is 85.3 Å². The molecule has 0 atom stereocenters. The Kier molecular flexibility index (Phi) is 4.98. The summed E-state index contributed by atoms with van der Waals surface area (Å²) >= 11 is 12.2. The third kappa shape index (κ3) is 4.00. The Balaban J connectivity index is 1.31. The van der Waals surface area contributed by atoms with E-state index in [9.17, 15) is 4.79 Å². The molecule has 1 aromatic carbocycles. The summed E-state index contributed by atoms with van der Waals surface area (Å²) in [4.78, 5) is 22.7. The Labute approximate surface area is 179 Å². The molecule has 1 aliphatic heterocycles. The molecule has 2 aromatic heterocycles. The van der Waals surface area contributed by atoms with Gasteiger partial charge in [0.15, 0.2) is 0 Å². The van der Waals surface area contributed by atoms with Crippen LogP contribution in [0.1, 0.15) is 47.1 Å². The second kappa shape index (κ2) is 7.63. The minimum Gasteiger partial charge on any atom is -0.346 e. The minimum atomic E-state index is 0.0350. The van der Waals surface area contributed by atoms with Crippen molar-refractivity contribution in [1.29, 1.82) is 0 Å². The number of hydrogen-bond acceptors (Lipinski definition) is 3. The van der Waals surface area contributed by atoms with Gasteiger partial charge in [-0.25, -0.2) is 4.98 Å². The van der Waals surface area contributed by atoms with E-state index in [2.05, 4.69) is 32.8 Å². The molecule has 1 fully saturated rings. The van der Waals surface area contributed by atoms with Gasteiger partial charge in [-0.1, -0.05) is 29.3 Å². The summed E-state index contributed by atoms with van der Waals surface area (Å²) in [5, 5.41) is 1.14. The van der Waals surface area contributed by atoms with E-state index in [4.69, 9.17) is 28.2 Å². The van der Waals surface area contributed by atoms with Crippen LogP contribution < -0.4 is 5.56 Å². The Morgan fingerprint density at radius 2 is 2.00 bits per heavy atom. The molecule has 150 valence electrons. The maximum absolute atomic E-state index is 12.6. The summed E-state index contributed by atoms with van der Waals surface area (Å²) in [6.07, 6.45) is 5.19. The first kappa shape index (κ1) is 18.9. The number of aromatic nitrogens is 3. The highest BCUT2D eigenvalue weighted by Gasteiger charge is 2.29. The maximum atomic E-state index is 12.6. The van der Waals surface area contributed by atoms with Crippen LogP contribution in [-0.4, -0.2) is 26.0 Å². The van der Waals surface area contributed by atoms with Crippen LogP contribution in [0.2, 0.25) is 10.0 Å². The first-order valence-corrected chi connectivity index (χ1v) is 10.7. The third-order valence-corrected chi connectivity index (χ3v) is 6.52. The molecule has 5 nitrogen and oxygen atoms in total. The largest absolute Gasteiger partial charge is 0.346 e. The predicted molar refractivity (Wildman–Crippen MR) is 115 cm³/mol. The molecule has 1 N–H and O–H groups in total. The summed E-state index contributed by atoms with van der Waals surface area (Å²) in [6, 6.07) is 9.93. The van der Waals surface area contributed by atoms with Crippen LogP contribution in [0.15, 0.2) is 41.3 Å². The number of rotatable bonds is 5. The lowest BCUT2D eigenvalue weighted by atomic mass is 10.1. The Morgan fingerprint density at radius 3 is 2.79 bits per heavy atom. The predicted octanol–water partition coefficient (Wildman–Crippen LogP) is 4.36. The average molecular weight is 429 g/mol. The Hall–Kier alpha value is -2.08. The molecule has 0 unspecified atom stereocenters. The zero-order valence-corrected chi connectivity index (χ0v) is 17.5. The molecule has 7 heteroatoms. The highest BCUT2D eigenvalue weighted by atomic mass is 35.5. The molecule has 0 spiro atoms. The minimum absolute atomic E-state index is 0.0350. The number of nitrogens with zero attached hydrogens (tertiary/aromatic N) is 3. The first-order valence-electron chi connectivity index (χ1n) is 9.99. The fourth-order valence-electron chi connectivity index (χ4n) is 4.00. The zero-order chi connectivity index (χ0) is 20.0. The van der Waals surface area contributed by atoms with Crippen LogP contribution in [0.3, 0.4) is 0 Å². The fraction of sp³-hybridized carbons (Fsp3) is 0.364. The van der Waals surface area contributed by atoms with Crippen molar-refractivity contribution in [1.82, 2.24) is 19.4 Å². The summed E-state index contributed by atoms with van der Waals surface area (Å²) in [5.74, 6) is 1.35. The van der Waals surface area contributed by atoms with Crippen LogP contribution in [0.25, 0.3) is 0 Å². The van der Waals surface area contributed by atoms with Crippen molar-refractivity contribution in [3.63, 3.8) is 0 Å². The van der Waals surface area contributed by atoms with Crippen molar-refractivity contribution >= 4 is 23.2 Å². The maximum Gasteiger partial charge on any atom is 0.255 e. The second-order valence-corrected chi connectivity index (χ2v) is 8.80. The lowest BCUT2D eigenvalue weighted by Gasteiger charge is -2.28. The molecule has 0 saturated heterocycles. The molecular formula is C22H22Cl2N4O. The lowest BCUT2D eigenvalue weighted by molar-refractivity contribution is 0.236. The molecule has 1 saturated carbocycles. The molecule has 1 aliphatic carbocycles. The molecule has 0 radical (unpaired) electrons. The number of halogens is 2. The molecule has 3 heterocycles. The second-order valence-electron chi connectivity index (χ2n) is 7.99. The summed E-state index contributed by atoms with van der Waals surface area (Å²) in [5.41, 5.74) is 4.15. The zero-order valence-electron chi connectivity index (χ0n) is 16.0. The normalized spacial score (nSPS) is 16.8. The van der Waals surface area contributed by atoms with Crippen molar-refractivity contribution < 1.29 is 0 Å². The Bertz CT molecular complexity index is 1120. The van der Waals surface area contributed by atoms with E-state index >= 15 is 0 Å². The van der Waals surface area contributed by atoms with E-state index in [1.807, 2.05) is 18.2 Å². The van der Waals surface area contributed by atoms with Gasteiger partial charge in [-0.15, -0.1) is 0 Å². The van der Waals surface area contributed by atoms with Crippen molar-refractivity contribution in [2.45, 2.75) is 44.8 Å². The SMILES string of the molecule is O=c1[nH]c(C2CC2)nc2c1CN(Cc1cccn1Cc1ccc(Cl)c(Cl)c1)CC2. The number of nitrogens with one attached hydrogen (secondary N) is 1. The summed E-state index contributed by atoms with van der Waals surface area (Å²) in [7, 11) is 0. The van der Waals surface area contributed by atoms with E-state index in [0.29, 0.717) is 22.5 Å². The van der Waals surface area contributed by atoms with Gasteiger partial charge in [0.05, 0.1) is 21.3 Å². The lowest BCUT2D eigenvalue weighted by Crippen LogP contribution is -2.36. The summed E-state index contributed by atoms with van der Waals surface area (Å²) in [6.45, 7) is 3.07. The van der Waals surface area contributed by atoms with E-state index in [0.717, 1.165) is 61.5 Å². The average Bonchev–Trinajstić information content (AvgIpc) is 3.47. The molecule has 2 aliphatic rings. The molecule has 5 rings (SSSR count). The monoisotopic (exact) mass is 428 g/mol. The third-order valence-electron chi connectivity index (χ3n) is 5.78. The van der Waals surface area contributed by atoms with E-state index < -0.39 is 0 Å². The van der Waals surface area contributed by atoms with Gasteiger partial charge in [-0.2, -0.15) is 0 Å². The number of aromatic amines is 1. The molecule has 3 aromatic rings. The number of fused-ring (bicyclic) bond motifs is 1. The summed E-state index contributed by atoms with van der Waals surface area (Å²) < 4.78 is 2.22. The highest BCUT2D eigenvalue weighted by molar-refractivity contribution is 6.42. The van der Waals surface area contributed by atoms with E-state index in [-0.39, 0.29) is 5.56 Å². The van der Waals surface area contributed by atoms with Gasteiger partial charge in [0, 0.05) is 50.4 Å². The first-order chi connectivity index (χ1) is 14.1. The molecule has 0 bridgehead atoms. The standard InChI is InChI=1S/C22H22Cl2N4O/c23-18-6-3-14(10-19(18)24)11-28-8-1-2-16(28)12-27-9-7-20-17(13-27)22(29)26-21(25-20)15-4-5-15/h1-3,6,8,10,15H,4-5,7,9,11-13H2,(H,25,26,29). The van der Waals surface area contributed by atoms with E-state index in [1.165, 1.54) is 5.69 Å². The quantitative estimate of drug-likeness (QED) is 0.656. The van der Waals surface area contributed by atoms with Gasteiger partial charge in [0.2, 0.25) is 0 Å². The number of hydrogen-bond donors (Lipinski definition) is 1. The molecule has 29 heavy (non-hydrogen) atoms. The van der Waals surface area contributed by atoms with Gasteiger partial charge >= 0.3 is 0 Å². The number of H-pyrrole nitrogens is 1. The number of benzene rings is 1. The topological polar surface area (TPSA) is 53.9 Å². The van der Waals surface area contributed by atoms with Crippen LogP contribution in [-0.2, 0) is 26.1 Å².